The Morgan fingerprint density at radius 3 is 1.76 bits per heavy atom. The zero-order valence-corrected chi connectivity index (χ0v) is 12.0. The van der Waals surface area contributed by atoms with Crippen molar-refractivity contribution in [2.45, 2.75) is 41.5 Å². The number of hydrogen-bond donors (Lipinski definition) is 0. The van der Waals surface area contributed by atoms with Crippen molar-refractivity contribution < 1.29 is 9.59 Å². The van der Waals surface area contributed by atoms with Crippen LogP contribution >= 0.6 is 11.6 Å². The van der Waals surface area contributed by atoms with Crippen LogP contribution in [0.3, 0.4) is 0 Å². The number of hydrogen-bond acceptors (Lipinski definition) is 2. The van der Waals surface area contributed by atoms with E-state index in [0.717, 1.165) is 0 Å². The van der Waals surface area contributed by atoms with E-state index in [2.05, 4.69) is 0 Å². The second-order valence-electron chi connectivity index (χ2n) is 6.44. The quantitative estimate of drug-likeness (QED) is 0.619. The van der Waals surface area contributed by atoms with Crippen molar-refractivity contribution in [3.05, 3.63) is 22.3 Å². The summed E-state index contributed by atoms with van der Waals surface area (Å²) in [6.07, 6.45) is 1.37. The van der Waals surface area contributed by atoms with Gasteiger partial charge in [0.15, 0.2) is 11.6 Å². The van der Waals surface area contributed by atoms with Gasteiger partial charge in [-0.1, -0.05) is 53.1 Å². The fraction of sp³-hybridized carbons (Fsp3) is 0.571. The number of ketones is 2. The number of allylic oxidation sites excluding steroid dienone is 4. The molecule has 0 aromatic rings. The Bertz CT molecular complexity index is 440. The molecule has 94 valence electrons. The third-order valence-corrected chi connectivity index (χ3v) is 3.12. The standard InChI is InChI=1S/C14H19ClO2/c1-13(2,3)8-7-9(16)11(15)10(12(8)17)14(4,5)6/h7H,1-6H3. The van der Waals surface area contributed by atoms with Crippen molar-refractivity contribution in [2.75, 3.05) is 0 Å². The van der Waals surface area contributed by atoms with E-state index in [-0.39, 0.29) is 22.0 Å². The monoisotopic (exact) mass is 254 g/mol. The van der Waals surface area contributed by atoms with Gasteiger partial charge in [-0.3, -0.25) is 9.59 Å². The highest BCUT2D eigenvalue weighted by molar-refractivity contribution is 6.48. The zero-order valence-electron chi connectivity index (χ0n) is 11.3. The highest BCUT2D eigenvalue weighted by Gasteiger charge is 2.38. The van der Waals surface area contributed by atoms with E-state index >= 15 is 0 Å². The van der Waals surface area contributed by atoms with Crippen LogP contribution in [-0.2, 0) is 9.59 Å². The van der Waals surface area contributed by atoms with Crippen LogP contribution in [-0.4, -0.2) is 11.6 Å². The molecule has 0 saturated carbocycles. The molecule has 0 aromatic carbocycles. The Kier molecular flexibility index (Phi) is 3.41. The van der Waals surface area contributed by atoms with Crippen molar-refractivity contribution >= 4 is 23.2 Å². The summed E-state index contributed by atoms with van der Waals surface area (Å²) in [5.74, 6) is -0.365. The van der Waals surface area contributed by atoms with Gasteiger partial charge in [-0.2, -0.15) is 0 Å². The number of carbonyl (C=O) groups excluding carboxylic acids is 2. The van der Waals surface area contributed by atoms with Crippen LogP contribution in [0.15, 0.2) is 22.3 Å². The minimum Gasteiger partial charge on any atom is -0.289 e. The van der Waals surface area contributed by atoms with Crippen LogP contribution in [0, 0.1) is 10.8 Å². The Morgan fingerprint density at radius 2 is 1.41 bits per heavy atom. The Labute approximate surface area is 108 Å². The van der Waals surface area contributed by atoms with Crippen LogP contribution < -0.4 is 0 Å². The fourth-order valence-electron chi connectivity index (χ4n) is 1.84. The highest BCUT2D eigenvalue weighted by atomic mass is 35.5. The van der Waals surface area contributed by atoms with Crippen LogP contribution in [0.5, 0.6) is 0 Å². The maximum absolute atomic E-state index is 12.4. The average Bonchev–Trinajstić information content (AvgIpc) is 2.07. The zero-order chi connectivity index (χ0) is 13.6. The molecule has 1 aliphatic carbocycles. The normalized spacial score (nSPS) is 18.6. The van der Waals surface area contributed by atoms with E-state index in [1.165, 1.54) is 6.08 Å². The molecule has 1 aliphatic rings. The summed E-state index contributed by atoms with van der Waals surface area (Å²) in [4.78, 5) is 24.2. The molecule has 0 N–H and O–H groups in total. The number of Topliss-reactive ketones (excluding diaryl/α,β-unsaturated/α-hetero) is 1. The molecule has 0 bridgehead atoms. The van der Waals surface area contributed by atoms with Crippen LogP contribution in [0.1, 0.15) is 41.5 Å². The van der Waals surface area contributed by atoms with Gasteiger partial charge in [0.05, 0.1) is 5.03 Å². The predicted octanol–water partition coefficient (Wildman–Crippen LogP) is 3.65. The second kappa shape index (κ2) is 4.09. The molecule has 0 unspecified atom stereocenters. The summed E-state index contributed by atoms with van der Waals surface area (Å²) in [7, 11) is 0. The molecule has 0 spiro atoms. The first-order valence-electron chi connectivity index (χ1n) is 5.67. The number of halogens is 1. The summed E-state index contributed by atoms with van der Waals surface area (Å²) in [5, 5.41) is 0.0653. The Hall–Kier alpha value is -0.890. The molecule has 0 aliphatic heterocycles. The molecule has 2 nitrogen and oxygen atoms in total. The third-order valence-electron chi connectivity index (χ3n) is 2.74. The van der Waals surface area contributed by atoms with Gasteiger partial charge in [-0.25, -0.2) is 0 Å². The first-order valence-corrected chi connectivity index (χ1v) is 6.05. The van der Waals surface area contributed by atoms with E-state index in [1.54, 1.807) is 0 Å². The molecular weight excluding hydrogens is 236 g/mol. The molecule has 0 radical (unpaired) electrons. The lowest BCUT2D eigenvalue weighted by Crippen LogP contribution is -2.31. The van der Waals surface area contributed by atoms with Crippen molar-refractivity contribution in [1.29, 1.82) is 0 Å². The predicted molar refractivity (Wildman–Crippen MR) is 69.9 cm³/mol. The average molecular weight is 255 g/mol. The molecule has 0 aromatic heterocycles. The van der Waals surface area contributed by atoms with Gasteiger partial charge in [0, 0.05) is 11.1 Å². The third kappa shape index (κ3) is 2.68. The van der Waals surface area contributed by atoms with Crippen LogP contribution in [0.4, 0.5) is 0 Å². The van der Waals surface area contributed by atoms with Gasteiger partial charge >= 0.3 is 0 Å². The minimum absolute atomic E-state index is 0.0653. The topological polar surface area (TPSA) is 34.1 Å². The lowest BCUT2D eigenvalue weighted by Gasteiger charge is -2.31. The van der Waals surface area contributed by atoms with Crippen molar-refractivity contribution in [1.82, 2.24) is 0 Å². The van der Waals surface area contributed by atoms with Gasteiger partial charge in [0.2, 0.25) is 0 Å². The van der Waals surface area contributed by atoms with Gasteiger partial charge in [-0.05, 0) is 16.9 Å². The lowest BCUT2D eigenvalue weighted by atomic mass is 9.72. The molecule has 0 heterocycles. The molecule has 3 heteroatoms. The largest absolute Gasteiger partial charge is 0.289 e. The van der Waals surface area contributed by atoms with Crippen molar-refractivity contribution in [3.63, 3.8) is 0 Å². The van der Waals surface area contributed by atoms with E-state index < -0.39 is 5.41 Å². The second-order valence-corrected chi connectivity index (χ2v) is 6.82. The highest BCUT2D eigenvalue weighted by Crippen LogP contribution is 2.40. The van der Waals surface area contributed by atoms with Crippen molar-refractivity contribution in [3.8, 4) is 0 Å². The smallest absolute Gasteiger partial charge is 0.198 e. The van der Waals surface area contributed by atoms with Crippen LogP contribution in [0.2, 0.25) is 0 Å². The van der Waals surface area contributed by atoms with E-state index in [9.17, 15) is 9.59 Å². The van der Waals surface area contributed by atoms with E-state index in [4.69, 9.17) is 11.6 Å². The number of rotatable bonds is 0. The number of carbonyl (C=O) groups is 2. The van der Waals surface area contributed by atoms with Gasteiger partial charge < -0.3 is 0 Å². The Morgan fingerprint density at radius 1 is 0.941 bits per heavy atom. The maximum Gasteiger partial charge on any atom is 0.198 e. The van der Waals surface area contributed by atoms with Crippen LogP contribution in [0.25, 0.3) is 0 Å². The van der Waals surface area contributed by atoms with Crippen molar-refractivity contribution in [2.24, 2.45) is 10.8 Å². The first kappa shape index (κ1) is 14.2. The summed E-state index contributed by atoms with van der Waals surface area (Å²) >= 11 is 5.99. The molecular formula is C14H19ClO2. The molecule has 0 amide bonds. The van der Waals surface area contributed by atoms with Gasteiger partial charge in [0.1, 0.15) is 0 Å². The lowest BCUT2D eigenvalue weighted by molar-refractivity contribution is -0.117. The van der Waals surface area contributed by atoms with E-state index in [0.29, 0.717) is 11.1 Å². The summed E-state index contributed by atoms with van der Waals surface area (Å²) in [6, 6.07) is 0. The SMILES string of the molecule is CC(C)(C)C1=CC(=O)C(Cl)=C(C(C)(C)C)C1=O. The molecule has 0 fully saturated rings. The van der Waals surface area contributed by atoms with Gasteiger partial charge in [-0.15, -0.1) is 0 Å². The minimum atomic E-state index is -0.422. The summed E-state index contributed by atoms with van der Waals surface area (Å²) in [6.45, 7) is 11.4. The molecule has 1 rings (SSSR count). The molecule has 0 saturated heterocycles. The maximum atomic E-state index is 12.4. The Balaban J connectivity index is 3.40. The van der Waals surface area contributed by atoms with E-state index in [1.807, 2.05) is 41.5 Å². The molecule has 0 atom stereocenters. The first-order chi connectivity index (χ1) is 7.46. The molecule has 17 heavy (non-hydrogen) atoms. The van der Waals surface area contributed by atoms with Gasteiger partial charge in [0.25, 0.3) is 0 Å². The fourth-order valence-corrected chi connectivity index (χ4v) is 2.27. The summed E-state index contributed by atoms with van der Waals surface area (Å²) in [5.41, 5.74) is 0.198. The summed E-state index contributed by atoms with van der Waals surface area (Å²) < 4.78 is 0.